The molecule has 15 heteroatoms. The number of aliphatic hydroxyl groups excluding tert-OH is 4. The molecule has 8 N–H and O–H groups in total. The van der Waals surface area contributed by atoms with E-state index in [1.807, 2.05) is 11.0 Å². The molecule has 3 rings (SSSR count). The van der Waals surface area contributed by atoms with Gasteiger partial charge in [0.1, 0.15) is 15.5 Å². The number of hydrogen-bond donors (Lipinski definition) is 7. The topological polar surface area (TPSA) is 228 Å². The van der Waals surface area contributed by atoms with E-state index < -0.39 is 42.2 Å². The van der Waals surface area contributed by atoms with Crippen LogP contribution in [0.4, 0.5) is 11.4 Å². The lowest BCUT2D eigenvalue weighted by molar-refractivity contribution is 0.0854. The summed E-state index contributed by atoms with van der Waals surface area (Å²) in [5, 5.41) is 36.9. The summed E-state index contributed by atoms with van der Waals surface area (Å²) in [6.07, 6.45) is -0.807. The lowest BCUT2D eigenvalue weighted by Gasteiger charge is -2.27. The van der Waals surface area contributed by atoms with Crippen molar-refractivity contribution in [2.24, 2.45) is 0 Å². The summed E-state index contributed by atoms with van der Waals surface area (Å²) < 4.78 is 67.9. The zero-order chi connectivity index (χ0) is 30.1. The molecule has 40 heavy (non-hydrogen) atoms. The van der Waals surface area contributed by atoms with Gasteiger partial charge in [-0.25, -0.2) is 0 Å². The molecule has 0 spiro atoms. The Kier molecular flexibility index (Phi) is 12.1. The minimum absolute atomic E-state index is 0.0233. The van der Waals surface area contributed by atoms with Crippen LogP contribution in [0.1, 0.15) is 12.8 Å². The van der Waals surface area contributed by atoms with Crippen LogP contribution >= 0.6 is 0 Å². The predicted octanol–water partition coefficient (Wildman–Crippen LogP) is 0.904. The molecule has 222 valence electrons. The van der Waals surface area contributed by atoms with Crippen molar-refractivity contribution in [1.29, 1.82) is 0 Å². The maximum Gasteiger partial charge on any atom is 0.295 e. The van der Waals surface area contributed by atoms with E-state index in [1.54, 1.807) is 12.1 Å². The highest BCUT2D eigenvalue weighted by Gasteiger charge is 2.19. The van der Waals surface area contributed by atoms with Crippen LogP contribution in [0.3, 0.4) is 0 Å². The van der Waals surface area contributed by atoms with E-state index in [0.717, 1.165) is 17.8 Å². The first-order valence-corrected chi connectivity index (χ1v) is 14.8. The van der Waals surface area contributed by atoms with Crippen molar-refractivity contribution in [1.82, 2.24) is 0 Å². The highest BCUT2D eigenvalue weighted by molar-refractivity contribution is 7.86. The van der Waals surface area contributed by atoms with Gasteiger partial charge >= 0.3 is 0 Å². The van der Waals surface area contributed by atoms with E-state index in [4.69, 9.17) is 29.8 Å². The number of nitrogens with two attached hydrogens (primary N) is 1. The second-order valence-corrected chi connectivity index (χ2v) is 11.5. The Bertz CT molecular complexity index is 1400. The summed E-state index contributed by atoms with van der Waals surface area (Å²) in [5.41, 5.74) is 7.16. The molecular weight excluding hydrogens is 568 g/mol. The van der Waals surface area contributed by atoms with Crippen LogP contribution in [0, 0.1) is 0 Å². The minimum atomic E-state index is -4.47. The number of rotatable bonds is 12. The van der Waals surface area contributed by atoms with Crippen LogP contribution in [0.15, 0.2) is 64.4 Å². The third-order valence-corrected chi connectivity index (χ3v) is 7.69. The van der Waals surface area contributed by atoms with Crippen LogP contribution in [-0.2, 0) is 20.2 Å². The van der Waals surface area contributed by atoms with Gasteiger partial charge < -0.3 is 35.8 Å². The summed E-state index contributed by atoms with van der Waals surface area (Å²) in [6.45, 7) is 0.399. The van der Waals surface area contributed by atoms with Crippen LogP contribution in [0.25, 0.3) is 10.8 Å². The number of anilines is 2. The van der Waals surface area contributed by atoms with Gasteiger partial charge in [0.2, 0.25) is 0 Å². The molecule has 13 nitrogen and oxygen atoms in total. The van der Waals surface area contributed by atoms with E-state index in [9.17, 15) is 27.0 Å². The molecule has 0 fully saturated rings. The number of nitrogen functional groups attached to an aromatic ring is 1. The van der Waals surface area contributed by atoms with Crippen molar-refractivity contribution < 1.29 is 51.1 Å². The summed E-state index contributed by atoms with van der Waals surface area (Å²) in [7, 11) is -7.40. The average molecular weight is 603 g/mol. The van der Waals surface area contributed by atoms with Crippen molar-refractivity contribution in [2.45, 2.75) is 34.8 Å². The maximum absolute atomic E-state index is 11.2. The van der Waals surface area contributed by atoms with Crippen LogP contribution in [0.5, 0.6) is 5.75 Å². The highest BCUT2D eigenvalue weighted by atomic mass is 32.2. The van der Waals surface area contributed by atoms with Crippen molar-refractivity contribution >= 4 is 42.4 Å². The zero-order valence-corrected chi connectivity index (χ0v) is 23.3. The number of nitrogens with zero attached hydrogens (tertiary/aromatic N) is 1. The van der Waals surface area contributed by atoms with Crippen LogP contribution < -0.4 is 15.4 Å². The number of aliphatic hydroxyl groups is 4. The van der Waals surface area contributed by atoms with Gasteiger partial charge in [-0.1, -0.05) is 24.3 Å². The average Bonchev–Trinajstić information content (AvgIpc) is 2.91. The molecule has 0 aromatic heterocycles. The van der Waals surface area contributed by atoms with Crippen molar-refractivity contribution in [3.63, 3.8) is 0 Å². The molecular formula is C25H34N2O11S2. The summed E-state index contributed by atoms with van der Waals surface area (Å²) >= 11 is 0. The third kappa shape index (κ3) is 9.28. The van der Waals surface area contributed by atoms with Gasteiger partial charge in [0.25, 0.3) is 20.2 Å². The molecule has 2 atom stereocenters. The molecule has 0 saturated carbocycles. The fraction of sp³-hybridized carbons (Fsp3) is 0.360. The molecule has 3 aromatic rings. The molecule has 0 bridgehead atoms. The Labute approximate surface area is 232 Å². The van der Waals surface area contributed by atoms with E-state index >= 15 is 0 Å². The minimum Gasteiger partial charge on any atom is -0.495 e. The van der Waals surface area contributed by atoms with Crippen molar-refractivity contribution in [2.75, 3.05) is 44.0 Å². The third-order valence-electron chi connectivity index (χ3n) is 5.87. The Morgan fingerprint density at radius 2 is 1.25 bits per heavy atom. The molecule has 2 unspecified atom stereocenters. The van der Waals surface area contributed by atoms with Crippen LogP contribution in [-0.4, -0.2) is 92.0 Å². The van der Waals surface area contributed by atoms with Crippen molar-refractivity contribution in [3.8, 4) is 5.75 Å². The smallest absolute Gasteiger partial charge is 0.295 e. The number of ether oxygens (including phenoxy) is 1. The first kappa shape index (κ1) is 33.2. The number of hydrogen-bond acceptors (Lipinski definition) is 11. The first-order chi connectivity index (χ1) is 18.7. The summed E-state index contributed by atoms with van der Waals surface area (Å²) in [6, 6.07) is 12.9. The Morgan fingerprint density at radius 3 is 1.62 bits per heavy atom. The Morgan fingerprint density at radius 1 is 0.800 bits per heavy atom. The quantitative estimate of drug-likeness (QED) is 0.113. The summed E-state index contributed by atoms with van der Waals surface area (Å²) in [4.78, 5) is 1.12. The van der Waals surface area contributed by atoms with Gasteiger partial charge in [0.05, 0.1) is 38.2 Å². The molecule has 0 saturated heterocycles. The number of methoxy groups -OCH3 is 1. The SMILES string of the molecule is COc1cc(N(CCC(O)CO)CCC(O)CO)ccc1N.O=S(=O)(O)c1cccc2c(S(=O)(=O)O)cccc12. The highest BCUT2D eigenvalue weighted by Crippen LogP contribution is 2.29. The zero-order valence-electron chi connectivity index (χ0n) is 21.7. The predicted molar refractivity (Wildman–Crippen MR) is 149 cm³/mol. The van der Waals surface area contributed by atoms with E-state index in [2.05, 4.69) is 0 Å². The Balaban J connectivity index is 0.000000285. The summed E-state index contributed by atoms with van der Waals surface area (Å²) in [5.74, 6) is 0.549. The van der Waals surface area contributed by atoms with Gasteiger partial charge in [-0.05, 0) is 37.1 Å². The normalized spacial score (nSPS) is 13.3. The van der Waals surface area contributed by atoms with E-state index in [-0.39, 0.29) is 24.0 Å². The molecule has 0 aliphatic heterocycles. The monoisotopic (exact) mass is 602 g/mol. The van der Waals surface area contributed by atoms with Gasteiger partial charge in [-0.2, -0.15) is 16.8 Å². The molecule has 0 amide bonds. The standard InChI is InChI=1S/C15H26N2O5.C10H8O6S2/c1-22-15-8-11(2-3-14(15)16)17(6-4-12(20)9-18)7-5-13(21)10-19;11-17(12,13)9-5-1-3-7-8(9)4-2-6-10(7)18(14,15)16/h2-3,8,12-13,18-21H,4-7,9-10,16H2,1H3;1-6H,(H,11,12,13)(H,14,15,16). The molecule has 0 aliphatic rings. The van der Waals surface area contributed by atoms with E-state index in [0.29, 0.717) is 37.4 Å². The van der Waals surface area contributed by atoms with Gasteiger partial charge in [0.15, 0.2) is 0 Å². The molecule has 0 heterocycles. The molecule has 3 aromatic carbocycles. The Hall–Kier alpha value is -3.02. The second kappa shape index (κ2) is 14.6. The maximum atomic E-state index is 11.2. The first-order valence-electron chi connectivity index (χ1n) is 12.0. The van der Waals surface area contributed by atoms with Crippen LogP contribution in [0.2, 0.25) is 0 Å². The van der Waals surface area contributed by atoms with Gasteiger partial charge in [-0.15, -0.1) is 0 Å². The number of fused-ring (bicyclic) bond motifs is 1. The number of benzene rings is 3. The lowest BCUT2D eigenvalue weighted by Crippen LogP contribution is -2.31. The van der Waals surface area contributed by atoms with Gasteiger partial charge in [-0.3, -0.25) is 9.11 Å². The molecule has 0 aliphatic carbocycles. The fourth-order valence-corrected chi connectivity index (χ4v) is 5.17. The largest absolute Gasteiger partial charge is 0.495 e. The van der Waals surface area contributed by atoms with Gasteiger partial charge in [0, 0.05) is 35.6 Å². The molecule has 0 radical (unpaired) electrons. The second-order valence-electron chi connectivity index (χ2n) is 8.72. The van der Waals surface area contributed by atoms with E-state index in [1.165, 1.54) is 31.4 Å². The fourth-order valence-electron chi connectivity index (χ4n) is 3.76. The lowest BCUT2D eigenvalue weighted by atomic mass is 10.1. The van der Waals surface area contributed by atoms with Crippen molar-refractivity contribution in [3.05, 3.63) is 54.6 Å².